The van der Waals surface area contributed by atoms with E-state index in [9.17, 15) is 14.4 Å². The number of piperidine rings is 1. The van der Waals surface area contributed by atoms with E-state index in [0.717, 1.165) is 66.7 Å². The third kappa shape index (κ3) is 9.82. The Morgan fingerprint density at radius 2 is 1.74 bits per heavy atom. The van der Waals surface area contributed by atoms with Crippen LogP contribution in [0.3, 0.4) is 0 Å². The Kier molecular flexibility index (Phi) is 11.1. The summed E-state index contributed by atoms with van der Waals surface area (Å²) in [7, 11) is 1.71. The summed E-state index contributed by atoms with van der Waals surface area (Å²) in [5, 5.41) is 0. The van der Waals surface area contributed by atoms with Gasteiger partial charge in [0.1, 0.15) is 18.0 Å². The predicted octanol–water partition coefficient (Wildman–Crippen LogP) is 5.35. The van der Waals surface area contributed by atoms with Crippen LogP contribution in [0.25, 0.3) is 0 Å². The third-order valence-electron chi connectivity index (χ3n) is 8.70. The Balaban J connectivity index is 1.39. The Morgan fingerprint density at radius 1 is 0.978 bits per heavy atom. The Labute approximate surface area is 272 Å². The number of aromatic amines is 1. The smallest absolute Gasteiger partial charge is 0.410 e. The number of hydrogen-bond donors (Lipinski definition) is 1. The van der Waals surface area contributed by atoms with Crippen LogP contribution >= 0.6 is 0 Å². The van der Waals surface area contributed by atoms with Gasteiger partial charge in [-0.15, -0.1) is 0 Å². The maximum Gasteiger partial charge on any atom is 0.410 e. The van der Waals surface area contributed by atoms with Crippen molar-refractivity contribution < 1.29 is 28.5 Å². The van der Waals surface area contributed by atoms with Gasteiger partial charge in [-0.25, -0.2) is 4.79 Å². The molecule has 3 aliphatic rings. The molecule has 1 saturated heterocycles. The number of H-pyrrole nitrogens is 1. The van der Waals surface area contributed by atoms with E-state index >= 15 is 0 Å². The predicted molar refractivity (Wildman–Crippen MR) is 175 cm³/mol. The normalized spacial score (nSPS) is 20.0. The number of aromatic nitrogens is 1. The van der Waals surface area contributed by atoms with E-state index < -0.39 is 17.6 Å². The molecule has 0 bridgehead atoms. The summed E-state index contributed by atoms with van der Waals surface area (Å²) in [5.41, 5.74) is 2.91. The number of methoxy groups -OCH3 is 1. The average Bonchev–Trinajstić information content (AvgIpc) is 3.92. The molecule has 2 saturated carbocycles. The molecule has 46 heavy (non-hydrogen) atoms. The first-order valence-corrected chi connectivity index (χ1v) is 16.8. The molecule has 2 amide bonds. The number of hydrogen-bond acceptors (Lipinski definition) is 7. The van der Waals surface area contributed by atoms with Crippen LogP contribution in [0.15, 0.2) is 35.1 Å². The number of nitrogens with one attached hydrogen (secondary N) is 1. The second kappa shape index (κ2) is 15.0. The SMILES string of the molecule is COCCCc1cc(CN(C(=O)[C@H]2CN(C(=O)OC(C)(C)C)CC[C@@H]2c2cc(C)[nH]c(=O)c2)C2CC2)cc(OCCOC2CC2)c1. The molecule has 3 fully saturated rings. The van der Waals surface area contributed by atoms with E-state index in [2.05, 4.69) is 17.1 Å². The number of aryl methyl sites for hydroxylation is 2. The second-order valence-corrected chi connectivity index (χ2v) is 14.1. The quantitative estimate of drug-likeness (QED) is 0.278. The number of nitrogens with zero attached hydrogens (tertiary/aromatic N) is 2. The maximum absolute atomic E-state index is 14.6. The molecule has 0 unspecified atom stereocenters. The van der Waals surface area contributed by atoms with Crippen molar-refractivity contribution in [3.8, 4) is 5.75 Å². The molecule has 0 spiro atoms. The molecule has 2 aliphatic carbocycles. The maximum atomic E-state index is 14.6. The molecule has 2 heterocycles. The van der Waals surface area contributed by atoms with E-state index in [1.807, 2.05) is 44.7 Å². The number of amides is 2. The van der Waals surface area contributed by atoms with Crippen molar-refractivity contribution in [2.75, 3.05) is 40.0 Å². The zero-order chi connectivity index (χ0) is 32.8. The van der Waals surface area contributed by atoms with Gasteiger partial charge in [0, 0.05) is 51.2 Å². The molecule has 2 atom stereocenters. The van der Waals surface area contributed by atoms with Crippen molar-refractivity contribution in [2.24, 2.45) is 5.92 Å². The number of ether oxygens (including phenoxy) is 4. The largest absolute Gasteiger partial charge is 0.491 e. The van der Waals surface area contributed by atoms with E-state index in [4.69, 9.17) is 18.9 Å². The van der Waals surface area contributed by atoms with Crippen molar-refractivity contribution in [3.05, 3.63) is 63.1 Å². The van der Waals surface area contributed by atoms with Crippen LogP contribution < -0.4 is 10.3 Å². The van der Waals surface area contributed by atoms with Crippen molar-refractivity contribution in [3.63, 3.8) is 0 Å². The fourth-order valence-electron chi connectivity index (χ4n) is 6.28. The van der Waals surface area contributed by atoms with Crippen LogP contribution in [-0.2, 0) is 32.0 Å². The van der Waals surface area contributed by atoms with Crippen LogP contribution in [0.2, 0.25) is 0 Å². The highest BCUT2D eigenvalue weighted by atomic mass is 16.6. The monoisotopic (exact) mass is 637 g/mol. The summed E-state index contributed by atoms with van der Waals surface area (Å²) in [4.78, 5) is 46.8. The van der Waals surface area contributed by atoms with Crippen LogP contribution in [-0.4, -0.2) is 84.6 Å². The molecule has 0 radical (unpaired) electrons. The number of pyridine rings is 1. The van der Waals surface area contributed by atoms with E-state index in [0.29, 0.717) is 45.4 Å². The summed E-state index contributed by atoms with van der Waals surface area (Å²) < 4.78 is 22.9. The summed E-state index contributed by atoms with van der Waals surface area (Å²) in [5.74, 6) is 0.0735. The molecule has 1 aromatic heterocycles. The Bertz CT molecular complexity index is 1410. The minimum absolute atomic E-state index is 0.00350. The van der Waals surface area contributed by atoms with Crippen molar-refractivity contribution in [1.82, 2.24) is 14.8 Å². The molecule has 1 aromatic carbocycles. The zero-order valence-electron chi connectivity index (χ0n) is 28.1. The molecular weight excluding hydrogens is 586 g/mol. The lowest BCUT2D eigenvalue weighted by atomic mass is 9.79. The van der Waals surface area contributed by atoms with Gasteiger partial charge in [0.2, 0.25) is 11.5 Å². The number of carbonyl (C=O) groups excluding carboxylic acids is 2. The minimum atomic E-state index is -0.643. The van der Waals surface area contributed by atoms with Gasteiger partial charge in [-0.05, 0) is 113 Å². The first kappa shape index (κ1) is 34.0. The highest BCUT2D eigenvalue weighted by Crippen LogP contribution is 2.38. The molecule has 5 rings (SSSR count). The highest BCUT2D eigenvalue weighted by Gasteiger charge is 2.43. The van der Waals surface area contributed by atoms with Gasteiger partial charge < -0.3 is 33.7 Å². The lowest BCUT2D eigenvalue weighted by Gasteiger charge is -2.40. The van der Waals surface area contributed by atoms with E-state index in [1.54, 1.807) is 18.1 Å². The van der Waals surface area contributed by atoms with Gasteiger partial charge in [-0.1, -0.05) is 6.07 Å². The molecule has 252 valence electrons. The van der Waals surface area contributed by atoms with E-state index in [-0.39, 0.29) is 30.0 Å². The van der Waals surface area contributed by atoms with Crippen molar-refractivity contribution >= 4 is 12.0 Å². The fourth-order valence-corrected chi connectivity index (χ4v) is 6.28. The highest BCUT2D eigenvalue weighted by molar-refractivity contribution is 5.82. The molecule has 10 heteroatoms. The van der Waals surface area contributed by atoms with Gasteiger partial charge in [-0.2, -0.15) is 0 Å². The van der Waals surface area contributed by atoms with Crippen molar-refractivity contribution in [2.45, 2.75) is 103 Å². The summed E-state index contributed by atoms with van der Waals surface area (Å²) in [6.07, 6.45) is 6.39. The van der Waals surface area contributed by atoms with Crippen LogP contribution in [0.4, 0.5) is 4.79 Å². The summed E-state index contributed by atoms with van der Waals surface area (Å²) >= 11 is 0. The first-order valence-electron chi connectivity index (χ1n) is 16.8. The topological polar surface area (TPSA) is 110 Å². The molecule has 10 nitrogen and oxygen atoms in total. The molecular formula is C36H51N3O7. The summed E-state index contributed by atoms with van der Waals surface area (Å²) in [6.45, 7) is 10.2. The van der Waals surface area contributed by atoms with Crippen LogP contribution in [0, 0.1) is 12.8 Å². The minimum Gasteiger partial charge on any atom is -0.491 e. The van der Waals surface area contributed by atoms with Gasteiger partial charge in [-0.3, -0.25) is 9.59 Å². The van der Waals surface area contributed by atoms with Crippen LogP contribution in [0.1, 0.15) is 87.6 Å². The number of carbonyl (C=O) groups is 2. The van der Waals surface area contributed by atoms with E-state index in [1.165, 1.54) is 0 Å². The van der Waals surface area contributed by atoms with Crippen molar-refractivity contribution in [1.29, 1.82) is 0 Å². The van der Waals surface area contributed by atoms with Gasteiger partial charge >= 0.3 is 6.09 Å². The summed E-state index contributed by atoms with van der Waals surface area (Å²) in [6, 6.07) is 9.96. The number of benzene rings is 1. The molecule has 1 aliphatic heterocycles. The standard InChI is InChI=1S/C36H51N3O7/c1-24-17-27(21-33(40)37-24)31-12-13-38(35(42)46-36(2,3)4)23-32(31)34(41)39(28-8-9-28)22-26-18-25(7-6-14-43-5)19-30(20-26)45-16-15-44-29-10-11-29/h17-21,28-29,31-32H,6-16,22-23H2,1-5H3,(H,37,40)/t31-,32+/m1/s1. The average molecular weight is 638 g/mol. The lowest BCUT2D eigenvalue weighted by Crippen LogP contribution is -2.51. The molecule has 1 N–H and O–H groups in total. The first-order chi connectivity index (χ1) is 22.0. The van der Waals surface area contributed by atoms with Gasteiger partial charge in [0.25, 0.3) is 0 Å². The zero-order valence-corrected chi connectivity index (χ0v) is 28.1. The number of likely N-dealkylation sites (tertiary alicyclic amines) is 1. The fraction of sp³-hybridized carbons (Fsp3) is 0.639. The second-order valence-electron chi connectivity index (χ2n) is 14.1. The Morgan fingerprint density at radius 3 is 2.41 bits per heavy atom. The lowest BCUT2D eigenvalue weighted by molar-refractivity contribution is -0.139. The van der Waals surface area contributed by atoms with Gasteiger partial charge in [0.05, 0.1) is 18.6 Å². The third-order valence-corrected chi connectivity index (χ3v) is 8.70. The molecule has 2 aromatic rings. The number of rotatable bonds is 14. The van der Waals surface area contributed by atoms with Gasteiger partial charge in [0.15, 0.2) is 0 Å². The van der Waals surface area contributed by atoms with Crippen LogP contribution in [0.5, 0.6) is 5.75 Å². The Hall–Kier alpha value is -3.37.